The van der Waals surface area contributed by atoms with Gasteiger partial charge in [0, 0.05) is 17.1 Å². The van der Waals surface area contributed by atoms with Crippen LogP contribution in [0.4, 0.5) is 5.69 Å². The number of nitrogens with one attached hydrogen (secondary N) is 1. The number of phenols is 1. The van der Waals surface area contributed by atoms with Crippen LogP contribution in [-0.2, 0) is 4.79 Å². The first-order valence-electron chi connectivity index (χ1n) is 8.61. The molecule has 0 radical (unpaired) electrons. The van der Waals surface area contributed by atoms with Crippen molar-refractivity contribution in [2.24, 2.45) is 0 Å². The largest absolute Gasteiger partial charge is 0.508 e. The second-order valence-corrected chi connectivity index (χ2v) is 7.53. The minimum absolute atomic E-state index is 0.0903. The fourth-order valence-electron chi connectivity index (χ4n) is 2.87. The van der Waals surface area contributed by atoms with Crippen LogP contribution in [-0.4, -0.2) is 21.2 Å². The quantitative estimate of drug-likeness (QED) is 0.619. The lowest BCUT2D eigenvalue weighted by Crippen LogP contribution is -2.24. The summed E-state index contributed by atoms with van der Waals surface area (Å²) < 4.78 is 0. The molecule has 0 aliphatic heterocycles. The third kappa shape index (κ3) is 3.99. The normalized spacial score (nSPS) is 12.1. The molecule has 2 aromatic carbocycles. The summed E-state index contributed by atoms with van der Waals surface area (Å²) in [6.45, 7) is 6.11. The SMILES string of the molecule is CCC(Sc1cc(C)c2cccc(C)c2n1)C(=O)Nc1cccc(O)c1. The average Bonchev–Trinajstić information content (AvgIpc) is 2.60. The summed E-state index contributed by atoms with van der Waals surface area (Å²) in [5.41, 5.74) is 3.86. The van der Waals surface area contributed by atoms with Gasteiger partial charge >= 0.3 is 0 Å². The fraction of sp³-hybridized carbons (Fsp3) is 0.238. The van der Waals surface area contributed by atoms with E-state index in [1.54, 1.807) is 18.2 Å². The number of para-hydroxylation sites is 1. The van der Waals surface area contributed by atoms with Gasteiger partial charge in [-0.1, -0.05) is 43.0 Å². The summed E-state index contributed by atoms with van der Waals surface area (Å²) in [5, 5.41) is 14.2. The predicted molar refractivity (Wildman–Crippen MR) is 108 cm³/mol. The summed E-state index contributed by atoms with van der Waals surface area (Å²) in [6, 6.07) is 14.8. The highest BCUT2D eigenvalue weighted by Gasteiger charge is 2.19. The van der Waals surface area contributed by atoms with Gasteiger partial charge < -0.3 is 10.4 Å². The number of hydrogen-bond acceptors (Lipinski definition) is 4. The number of aryl methyl sites for hydroxylation is 2. The lowest BCUT2D eigenvalue weighted by Gasteiger charge is -2.15. The number of aromatic hydroxyl groups is 1. The molecule has 0 saturated heterocycles. The van der Waals surface area contributed by atoms with Crippen molar-refractivity contribution in [3.63, 3.8) is 0 Å². The van der Waals surface area contributed by atoms with E-state index in [1.807, 2.05) is 19.1 Å². The van der Waals surface area contributed by atoms with E-state index in [0.29, 0.717) is 12.1 Å². The van der Waals surface area contributed by atoms with Gasteiger partial charge in [0.2, 0.25) is 5.91 Å². The molecule has 26 heavy (non-hydrogen) atoms. The standard InChI is InChI=1S/C21H22N2O2S/c1-4-18(21(25)22-15-8-6-9-16(24)12-15)26-19-11-14(3)17-10-5-7-13(2)20(17)23-19/h5-12,18,24H,4H2,1-3H3,(H,22,25). The molecule has 4 nitrogen and oxygen atoms in total. The van der Waals surface area contributed by atoms with Gasteiger partial charge in [0.25, 0.3) is 0 Å². The zero-order chi connectivity index (χ0) is 18.7. The molecule has 1 amide bonds. The number of amides is 1. The van der Waals surface area contributed by atoms with Crippen LogP contribution in [0.3, 0.4) is 0 Å². The van der Waals surface area contributed by atoms with Gasteiger partial charge in [0.1, 0.15) is 5.75 Å². The maximum Gasteiger partial charge on any atom is 0.237 e. The van der Waals surface area contributed by atoms with E-state index in [1.165, 1.54) is 17.8 Å². The third-order valence-electron chi connectivity index (χ3n) is 4.26. The molecule has 0 aliphatic rings. The molecule has 3 aromatic rings. The molecule has 1 atom stereocenters. The van der Waals surface area contributed by atoms with E-state index in [9.17, 15) is 9.90 Å². The number of pyridine rings is 1. The summed E-state index contributed by atoms with van der Waals surface area (Å²) in [6.07, 6.45) is 0.682. The van der Waals surface area contributed by atoms with E-state index in [0.717, 1.165) is 27.1 Å². The fourth-order valence-corrected chi connectivity index (χ4v) is 3.88. The number of carbonyl (C=O) groups is 1. The molecule has 0 aliphatic carbocycles. The maximum absolute atomic E-state index is 12.6. The van der Waals surface area contributed by atoms with Gasteiger partial charge in [-0.05, 0) is 49.6 Å². The lowest BCUT2D eigenvalue weighted by atomic mass is 10.1. The summed E-state index contributed by atoms with van der Waals surface area (Å²) in [7, 11) is 0. The maximum atomic E-state index is 12.6. The zero-order valence-electron chi connectivity index (χ0n) is 15.1. The van der Waals surface area contributed by atoms with Crippen LogP contribution in [0, 0.1) is 13.8 Å². The van der Waals surface area contributed by atoms with Crippen molar-refractivity contribution in [1.29, 1.82) is 0 Å². The van der Waals surface area contributed by atoms with Crippen molar-refractivity contribution in [3.05, 3.63) is 59.7 Å². The van der Waals surface area contributed by atoms with Crippen LogP contribution in [0.1, 0.15) is 24.5 Å². The number of phenolic OH excluding ortho intramolecular Hbond substituents is 1. The molecule has 1 unspecified atom stereocenters. The molecule has 134 valence electrons. The van der Waals surface area contributed by atoms with Gasteiger partial charge in [-0.25, -0.2) is 4.98 Å². The van der Waals surface area contributed by atoms with E-state index in [-0.39, 0.29) is 16.9 Å². The van der Waals surface area contributed by atoms with Crippen LogP contribution in [0.2, 0.25) is 0 Å². The molecule has 0 fully saturated rings. The molecular formula is C21H22N2O2S. The molecule has 2 N–H and O–H groups in total. The Hall–Kier alpha value is -2.53. The van der Waals surface area contributed by atoms with Crippen molar-refractivity contribution < 1.29 is 9.90 Å². The second kappa shape index (κ2) is 7.79. The summed E-state index contributed by atoms with van der Waals surface area (Å²) in [5.74, 6) is 0.0400. The predicted octanol–water partition coefficient (Wildman–Crippen LogP) is 5.07. The first kappa shape index (κ1) is 18.3. The first-order valence-corrected chi connectivity index (χ1v) is 9.49. The molecule has 0 spiro atoms. The number of anilines is 1. The molecule has 3 rings (SSSR count). The van der Waals surface area contributed by atoms with Gasteiger partial charge in [0.15, 0.2) is 0 Å². The minimum Gasteiger partial charge on any atom is -0.508 e. The van der Waals surface area contributed by atoms with Crippen LogP contribution in [0.25, 0.3) is 10.9 Å². The van der Waals surface area contributed by atoms with E-state index < -0.39 is 0 Å². The zero-order valence-corrected chi connectivity index (χ0v) is 15.9. The Morgan fingerprint density at radius 1 is 1.15 bits per heavy atom. The average molecular weight is 366 g/mol. The number of fused-ring (bicyclic) bond motifs is 1. The number of aromatic nitrogens is 1. The highest BCUT2D eigenvalue weighted by atomic mass is 32.2. The Labute approximate surface area is 157 Å². The van der Waals surface area contributed by atoms with Gasteiger partial charge in [0.05, 0.1) is 15.8 Å². The Kier molecular flexibility index (Phi) is 5.47. The van der Waals surface area contributed by atoms with Crippen molar-refractivity contribution in [3.8, 4) is 5.75 Å². The van der Waals surface area contributed by atoms with Crippen molar-refractivity contribution in [2.75, 3.05) is 5.32 Å². The van der Waals surface area contributed by atoms with E-state index in [4.69, 9.17) is 4.98 Å². The Morgan fingerprint density at radius 2 is 1.92 bits per heavy atom. The Bertz CT molecular complexity index is 956. The minimum atomic E-state index is -0.259. The molecule has 1 aromatic heterocycles. The summed E-state index contributed by atoms with van der Waals surface area (Å²) in [4.78, 5) is 17.4. The first-order chi connectivity index (χ1) is 12.5. The number of thioether (sulfide) groups is 1. The molecule has 0 saturated carbocycles. The number of carbonyl (C=O) groups excluding carboxylic acids is 1. The second-order valence-electron chi connectivity index (χ2n) is 6.30. The third-order valence-corrected chi connectivity index (χ3v) is 5.55. The lowest BCUT2D eigenvalue weighted by molar-refractivity contribution is -0.115. The van der Waals surface area contributed by atoms with Gasteiger partial charge in [-0.15, -0.1) is 0 Å². The van der Waals surface area contributed by atoms with Gasteiger partial charge in [-0.2, -0.15) is 0 Å². The monoisotopic (exact) mass is 366 g/mol. The summed E-state index contributed by atoms with van der Waals surface area (Å²) >= 11 is 1.47. The van der Waals surface area contributed by atoms with Crippen LogP contribution in [0.5, 0.6) is 5.75 Å². The Balaban J connectivity index is 1.82. The molecule has 0 bridgehead atoms. The van der Waals surface area contributed by atoms with Crippen LogP contribution >= 0.6 is 11.8 Å². The topological polar surface area (TPSA) is 62.2 Å². The molecule has 1 heterocycles. The molecular weight excluding hydrogens is 344 g/mol. The smallest absolute Gasteiger partial charge is 0.237 e. The highest BCUT2D eigenvalue weighted by molar-refractivity contribution is 8.00. The number of hydrogen-bond donors (Lipinski definition) is 2. The Morgan fingerprint density at radius 3 is 2.65 bits per heavy atom. The van der Waals surface area contributed by atoms with E-state index >= 15 is 0 Å². The highest BCUT2D eigenvalue weighted by Crippen LogP contribution is 2.30. The van der Waals surface area contributed by atoms with Crippen LogP contribution < -0.4 is 5.32 Å². The van der Waals surface area contributed by atoms with Crippen molar-refractivity contribution in [1.82, 2.24) is 4.98 Å². The van der Waals surface area contributed by atoms with Crippen molar-refractivity contribution >= 4 is 34.3 Å². The van der Waals surface area contributed by atoms with E-state index in [2.05, 4.69) is 31.3 Å². The van der Waals surface area contributed by atoms with Crippen LogP contribution in [0.15, 0.2) is 53.6 Å². The molecule has 5 heteroatoms. The van der Waals surface area contributed by atoms with Gasteiger partial charge in [-0.3, -0.25) is 4.79 Å². The number of rotatable bonds is 5. The number of nitrogens with zero attached hydrogens (tertiary/aromatic N) is 1. The number of benzene rings is 2. The van der Waals surface area contributed by atoms with Crippen molar-refractivity contribution in [2.45, 2.75) is 37.5 Å².